The molecule has 1 aromatic heterocycles. The molecule has 0 aliphatic heterocycles. The molecule has 0 radical (unpaired) electrons. The number of H-pyrrole nitrogens is 1. The number of rotatable bonds is 0. The molecule has 68 valence electrons. The smallest absolute Gasteiger partial charge is 0.247 e. The number of nitrogens with one attached hydrogen (secondary N) is 1. The van der Waals surface area contributed by atoms with E-state index in [4.69, 9.17) is 0 Å². The fourth-order valence-corrected chi connectivity index (χ4v) is 0.377. The summed E-state index contributed by atoms with van der Waals surface area (Å²) in [6.45, 7) is 0. The molecule has 1 rings (SSSR count). The number of aromatic amines is 1. The summed E-state index contributed by atoms with van der Waals surface area (Å²) in [7, 11) is 0. The Morgan fingerprint density at radius 1 is 1.09 bits per heavy atom. The molecule has 6 heteroatoms. The van der Waals surface area contributed by atoms with Crippen molar-refractivity contribution in [3.05, 3.63) is 34.7 Å². The lowest BCUT2D eigenvalue weighted by Gasteiger charge is -1.73. The second kappa shape index (κ2) is 12.5. The zero-order valence-corrected chi connectivity index (χ0v) is 7.89. The van der Waals surface area contributed by atoms with Crippen LogP contribution < -0.4 is 5.56 Å². The van der Waals surface area contributed by atoms with Crippen molar-refractivity contribution in [3.63, 3.8) is 0 Å². The standard InChI is InChI=1S/C5H5NO.3ClH.H2O/c7-5-3-1-2-4-6-5;;;;/h1-4H,(H,6,7);3*1H;1H2. The zero-order chi connectivity index (χ0) is 5.11. The van der Waals surface area contributed by atoms with Gasteiger partial charge in [0.05, 0.1) is 0 Å². The molecule has 0 unspecified atom stereocenters. The molecule has 0 amide bonds. The summed E-state index contributed by atoms with van der Waals surface area (Å²) in [5.41, 5.74) is -0.0532. The van der Waals surface area contributed by atoms with Crippen LogP contribution >= 0.6 is 37.2 Å². The van der Waals surface area contributed by atoms with E-state index >= 15 is 0 Å². The molecule has 0 spiro atoms. The van der Waals surface area contributed by atoms with Crippen LogP contribution in [-0.4, -0.2) is 10.5 Å². The molecule has 3 nitrogen and oxygen atoms in total. The van der Waals surface area contributed by atoms with Crippen LogP contribution in [0.15, 0.2) is 29.2 Å². The van der Waals surface area contributed by atoms with E-state index in [1.807, 2.05) is 0 Å². The molecule has 1 aromatic rings. The Labute approximate surface area is 82.8 Å². The Hall–Kier alpha value is -0.220. The highest BCUT2D eigenvalue weighted by Gasteiger charge is 1.69. The van der Waals surface area contributed by atoms with E-state index in [0.29, 0.717) is 0 Å². The van der Waals surface area contributed by atoms with Gasteiger partial charge in [-0.1, -0.05) is 6.07 Å². The highest BCUT2D eigenvalue weighted by atomic mass is 35.5. The zero-order valence-electron chi connectivity index (χ0n) is 5.44. The van der Waals surface area contributed by atoms with E-state index in [-0.39, 0.29) is 48.3 Å². The Morgan fingerprint density at radius 3 is 1.82 bits per heavy atom. The molecule has 1 heterocycles. The van der Waals surface area contributed by atoms with Gasteiger partial charge >= 0.3 is 0 Å². The molecule has 0 aromatic carbocycles. The molecule has 0 atom stereocenters. The normalized spacial score (nSPS) is 5.45. The summed E-state index contributed by atoms with van der Waals surface area (Å²) in [5.74, 6) is 0. The predicted molar refractivity (Wildman–Crippen MR) is 52.4 cm³/mol. The summed E-state index contributed by atoms with van der Waals surface area (Å²) >= 11 is 0. The van der Waals surface area contributed by atoms with Crippen LogP contribution in [0.3, 0.4) is 0 Å². The quantitative estimate of drug-likeness (QED) is 0.694. The number of aromatic nitrogens is 1. The van der Waals surface area contributed by atoms with Crippen LogP contribution in [0.2, 0.25) is 0 Å². The molecule has 11 heavy (non-hydrogen) atoms. The SMILES string of the molecule is Cl.Cl.Cl.O.O=c1cccc[nH]1. The van der Waals surface area contributed by atoms with E-state index in [2.05, 4.69) is 4.98 Å². The molecule has 0 aliphatic rings. The third-order valence-electron chi connectivity index (χ3n) is 0.681. The minimum atomic E-state index is -0.0532. The van der Waals surface area contributed by atoms with Gasteiger partial charge in [-0.3, -0.25) is 4.79 Å². The molecule has 3 N–H and O–H groups in total. The summed E-state index contributed by atoms with van der Waals surface area (Å²) in [5, 5.41) is 0. The summed E-state index contributed by atoms with van der Waals surface area (Å²) < 4.78 is 0. The van der Waals surface area contributed by atoms with Gasteiger partial charge in [-0.2, -0.15) is 0 Å². The van der Waals surface area contributed by atoms with Gasteiger partial charge < -0.3 is 10.5 Å². The lowest BCUT2D eigenvalue weighted by atomic mass is 10.5. The fourth-order valence-electron chi connectivity index (χ4n) is 0.377. The van der Waals surface area contributed by atoms with Gasteiger partial charge in [0, 0.05) is 12.3 Å². The number of hydrogen-bond donors (Lipinski definition) is 1. The Bertz CT molecular complexity index is 185. The van der Waals surface area contributed by atoms with Gasteiger partial charge in [-0.15, -0.1) is 37.2 Å². The maximum atomic E-state index is 10.2. The monoisotopic (exact) mass is 221 g/mol. The average molecular weight is 222 g/mol. The van der Waals surface area contributed by atoms with Crippen LogP contribution in [0.1, 0.15) is 0 Å². The number of hydrogen-bond acceptors (Lipinski definition) is 1. The first-order chi connectivity index (χ1) is 3.39. The van der Waals surface area contributed by atoms with Crippen LogP contribution in [0.4, 0.5) is 0 Å². The predicted octanol–water partition coefficient (Wildman–Crippen LogP) is 0.816. The van der Waals surface area contributed by atoms with Crippen LogP contribution in [-0.2, 0) is 0 Å². The van der Waals surface area contributed by atoms with Crippen molar-refractivity contribution in [1.29, 1.82) is 0 Å². The largest absolute Gasteiger partial charge is 0.412 e. The maximum Gasteiger partial charge on any atom is 0.247 e. The van der Waals surface area contributed by atoms with Crippen molar-refractivity contribution in [2.45, 2.75) is 0 Å². The van der Waals surface area contributed by atoms with E-state index in [1.54, 1.807) is 18.3 Å². The average Bonchev–Trinajstić information content (AvgIpc) is 1.69. The van der Waals surface area contributed by atoms with Gasteiger partial charge in [0.25, 0.3) is 0 Å². The molecule has 0 bridgehead atoms. The molecular weight excluding hydrogens is 212 g/mol. The highest BCUT2D eigenvalue weighted by Crippen LogP contribution is 1.67. The second-order valence-corrected chi connectivity index (χ2v) is 1.23. The van der Waals surface area contributed by atoms with Crippen LogP contribution in [0.25, 0.3) is 0 Å². The topological polar surface area (TPSA) is 64.4 Å². The first-order valence-electron chi connectivity index (χ1n) is 2.03. The minimum Gasteiger partial charge on any atom is -0.412 e. The van der Waals surface area contributed by atoms with Crippen molar-refractivity contribution in [1.82, 2.24) is 4.98 Å². The van der Waals surface area contributed by atoms with E-state index in [9.17, 15) is 4.79 Å². The van der Waals surface area contributed by atoms with Crippen molar-refractivity contribution in [2.75, 3.05) is 0 Å². The summed E-state index contributed by atoms with van der Waals surface area (Å²) in [6, 6.07) is 4.93. The second-order valence-electron chi connectivity index (χ2n) is 1.23. The molecule has 0 saturated carbocycles. The molecule has 0 saturated heterocycles. The van der Waals surface area contributed by atoms with Gasteiger partial charge in [0.1, 0.15) is 0 Å². The maximum absolute atomic E-state index is 10.2. The lowest BCUT2D eigenvalue weighted by molar-refractivity contribution is 0.824. The number of pyridine rings is 1. The minimum absolute atomic E-state index is 0. The Morgan fingerprint density at radius 2 is 1.64 bits per heavy atom. The van der Waals surface area contributed by atoms with E-state index < -0.39 is 0 Å². The molecular formula is C5H10Cl3NO2. The summed E-state index contributed by atoms with van der Waals surface area (Å²) in [6.07, 6.45) is 1.60. The van der Waals surface area contributed by atoms with Crippen molar-refractivity contribution in [3.8, 4) is 0 Å². The third kappa shape index (κ3) is 9.78. The first kappa shape index (κ1) is 22.4. The van der Waals surface area contributed by atoms with Gasteiger partial charge in [0.2, 0.25) is 5.56 Å². The van der Waals surface area contributed by atoms with Gasteiger partial charge in [0.15, 0.2) is 0 Å². The molecule has 0 fully saturated rings. The van der Waals surface area contributed by atoms with Crippen molar-refractivity contribution in [2.24, 2.45) is 0 Å². The molecule has 0 aliphatic carbocycles. The first-order valence-corrected chi connectivity index (χ1v) is 2.03. The van der Waals surface area contributed by atoms with Crippen LogP contribution in [0.5, 0.6) is 0 Å². The fraction of sp³-hybridized carbons (Fsp3) is 0. The Kier molecular flexibility index (Phi) is 25.4. The summed E-state index contributed by atoms with van der Waals surface area (Å²) in [4.78, 5) is 12.7. The van der Waals surface area contributed by atoms with Gasteiger partial charge in [-0.05, 0) is 6.07 Å². The Balaban J connectivity index is -0.0000000612. The van der Waals surface area contributed by atoms with E-state index in [0.717, 1.165) is 0 Å². The van der Waals surface area contributed by atoms with Crippen molar-refractivity contribution < 1.29 is 5.48 Å². The van der Waals surface area contributed by atoms with E-state index in [1.165, 1.54) is 6.07 Å². The van der Waals surface area contributed by atoms with Crippen LogP contribution in [0, 0.1) is 0 Å². The van der Waals surface area contributed by atoms with Crippen molar-refractivity contribution >= 4 is 37.2 Å². The lowest BCUT2D eigenvalue weighted by Crippen LogP contribution is -1.98. The van der Waals surface area contributed by atoms with Gasteiger partial charge in [-0.25, -0.2) is 0 Å². The third-order valence-corrected chi connectivity index (χ3v) is 0.681. The number of halogens is 3. The highest BCUT2D eigenvalue weighted by molar-refractivity contribution is 5.86.